The van der Waals surface area contributed by atoms with Crippen LogP contribution in [0.15, 0.2) is 11.6 Å². The Bertz CT molecular complexity index is 1350. The van der Waals surface area contributed by atoms with Crippen LogP contribution < -0.4 is 0 Å². The zero-order valence-electron chi connectivity index (χ0n) is 33.5. The predicted molar refractivity (Wildman–Crippen MR) is 196 cm³/mol. The molecule has 0 aromatic heterocycles. The molecule has 4 aliphatic carbocycles. The van der Waals surface area contributed by atoms with Crippen molar-refractivity contribution in [3.8, 4) is 0 Å². The number of allylic oxidation sites excluding steroid dienone is 2. The van der Waals surface area contributed by atoms with Gasteiger partial charge in [-0.05, 0) is 111 Å². The van der Waals surface area contributed by atoms with Gasteiger partial charge in [-0.2, -0.15) is 0 Å². The summed E-state index contributed by atoms with van der Waals surface area (Å²) < 4.78 is 23.8. The highest BCUT2D eigenvalue weighted by Gasteiger charge is 2.67. The first-order valence-electron chi connectivity index (χ1n) is 20.4. The van der Waals surface area contributed by atoms with Crippen LogP contribution in [0.5, 0.6) is 0 Å². The second-order valence-corrected chi connectivity index (χ2v) is 19.9. The van der Waals surface area contributed by atoms with Crippen LogP contribution in [0, 0.1) is 45.3 Å². The molecule has 5 fully saturated rings. The van der Waals surface area contributed by atoms with E-state index in [1.54, 1.807) is 13.8 Å². The molecule has 3 saturated carbocycles. The van der Waals surface area contributed by atoms with Gasteiger partial charge in [0.15, 0.2) is 12.6 Å². The number of aliphatic hydroxyl groups excluding tert-OH is 8. The minimum Gasteiger partial charge on any atom is -0.394 e. The molecule has 0 aromatic carbocycles. The lowest BCUT2D eigenvalue weighted by Crippen LogP contribution is -2.60. The smallest absolute Gasteiger partial charge is 0.187 e. The van der Waals surface area contributed by atoms with E-state index in [-0.39, 0.29) is 46.2 Å². The van der Waals surface area contributed by atoms with E-state index >= 15 is 0 Å². The molecule has 6 rings (SSSR count). The summed E-state index contributed by atoms with van der Waals surface area (Å²) in [4.78, 5) is 0. The topological polar surface area (TPSA) is 219 Å². The van der Waals surface area contributed by atoms with Crippen LogP contribution in [0.4, 0.5) is 0 Å². The Labute approximate surface area is 320 Å². The lowest BCUT2D eigenvalue weighted by atomic mass is 9.41. The molecule has 6 aliphatic rings. The maximum absolute atomic E-state index is 12.0. The van der Waals surface area contributed by atoms with Crippen LogP contribution >= 0.6 is 0 Å². The third kappa shape index (κ3) is 6.96. The molecule has 0 radical (unpaired) electrons. The average Bonchev–Trinajstić information content (AvgIpc) is 3.31. The lowest BCUT2D eigenvalue weighted by molar-refractivity contribution is -0.322. The average molecular weight is 771 g/mol. The summed E-state index contributed by atoms with van der Waals surface area (Å²) in [6.45, 7) is 16.3. The van der Waals surface area contributed by atoms with Crippen molar-refractivity contribution in [2.45, 2.75) is 186 Å². The van der Waals surface area contributed by atoms with Gasteiger partial charge in [0.25, 0.3) is 0 Å². The molecule has 0 amide bonds. The van der Waals surface area contributed by atoms with Gasteiger partial charge in [-0.3, -0.25) is 0 Å². The zero-order chi connectivity index (χ0) is 39.9. The van der Waals surface area contributed by atoms with E-state index in [1.165, 1.54) is 5.57 Å². The summed E-state index contributed by atoms with van der Waals surface area (Å²) in [6.07, 6.45) is -4.78. The third-order valence-corrected chi connectivity index (χ3v) is 16.0. The van der Waals surface area contributed by atoms with Gasteiger partial charge in [0.1, 0.15) is 42.7 Å². The summed E-state index contributed by atoms with van der Waals surface area (Å²) in [6, 6.07) is 0. The maximum atomic E-state index is 12.0. The molecule has 2 aliphatic heterocycles. The van der Waals surface area contributed by atoms with Crippen molar-refractivity contribution in [2.75, 3.05) is 13.2 Å². The molecule has 2 saturated heterocycles. The van der Waals surface area contributed by atoms with Crippen molar-refractivity contribution in [3.63, 3.8) is 0 Å². The molecule has 13 nitrogen and oxygen atoms in total. The number of aliphatic hydroxyl groups is 9. The van der Waals surface area contributed by atoms with Gasteiger partial charge in [0.05, 0.1) is 37.1 Å². The van der Waals surface area contributed by atoms with Crippen molar-refractivity contribution < 1.29 is 64.9 Å². The van der Waals surface area contributed by atoms with E-state index in [9.17, 15) is 46.0 Å². The van der Waals surface area contributed by atoms with Crippen LogP contribution in [0.25, 0.3) is 0 Å². The Morgan fingerprint density at radius 3 is 2.15 bits per heavy atom. The second-order valence-electron chi connectivity index (χ2n) is 19.9. The molecule has 54 heavy (non-hydrogen) atoms. The molecule has 0 aromatic rings. The largest absolute Gasteiger partial charge is 0.394 e. The molecule has 312 valence electrons. The van der Waals surface area contributed by atoms with Crippen LogP contribution in [-0.2, 0) is 18.9 Å². The van der Waals surface area contributed by atoms with Gasteiger partial charge in [-0.15, -0.1) is 0 Å². The lowest BCUT2D eigenvalue weighted by Gasteiger charge is -2.64. The summed E-state index contributed by atoms with van der Waals surface area (Å²) in [7, 11) is 0. The van der Waals surface area contributed by atoms with E-state index in [0.717, 1.165) is 32.1 Å². The third-order valence-electron chi connectivity index (χ3n) is 16.0. The Morgan fingerprint density at radius 2 is 1.50 bits per heavy atom. The van der Waals surface area contributed by atoms with Crippen LogP contribution in [0.1, 0.15) is 107 Å². The summed E-state index contributed by atoms with van der Waals surface area (Å²) in [5.41, 5.74) is -0.526. The first-order chi connectivity index (χ1) is 25.0. The monoisotopic (exact) mass is 770 g/mol. The van der Waals surface area contributed by atoms with E-state index in [4.69, 9.17) is 18.9 Å². The zero-order valence-corrected chi connectivity index (χ0v) is 33.5. The van der Waals surface area contributed by atoms with Crippen LogP contribution in [-0.4, -0.2) is 138 Å². The van der Waals surface area contributed by atoms with Crippen LogP contribution in [0.3, 0.4) is 0 Å². The van der Waals surface area contributed by atoms with Gasteiger partial charge in [-0.1, -0.05) is 53.2 Å². The molecule has 9 N–H and O–H groups in total. The number of rotatable bonds is 10. The fraction of sp³-hybridized carbons (Fsp3) is 0.951. The van der Waals surface area contributed by atoms with Gasteiger partial charge in [0.2, 0.25) is 0 Å². The predicted octanol–water partition coefficient (Wildman–Crippen LogP) is 1.76. The van der Waals surface area contributed by atoms with Gasteiger partial charge in [-0.25, -0.2) is 0 Å². The SMILES string of the molecule is C[C@H](CCC(O[C@@H]1O[C@H](CO)[C@@H](O)[C@H](O)[C@H]1O)C(C)(C)O)[C@H]1C(O)C[C@@]2(C)[C@@H]3CC[C@H]4C(C)(C)C(O[C@@H]5OC[C@@H](O)[C@H](O)[C@H]5O)CC[C@]4(C)C3=CC[C@]12C. The van der Waals surface area contributed by atoms with Crippen LogP contribution in [0.2, 0.25) is 0 Å². The Hall–Kier alpha value is -0.780. The molecule has 2 heterocycles. The highest BCUT2D eigenvalue weighted by Crippen LogP contribution is 2.73. The molecule has 19 atom stereocenters. The Morgan fingerprint density at radius 1 is 0.833 bits per heavy atom. The van der Waals surface area contributed by atoms with Gasteiger partial charge >= 0.3 is 0 Å². The minimum absolute atomic E-state index is 0.0167. The van der Waals surface area contributed by atoms with Crippen molar-refractivity contribution in [1.29, 1.82) is 0 Å². The first kappa shape index (κ1) is 42.8. The first-order valence-corrected chi connectivity index (χ1v) is 20.4. The fourth-order valence-electron chi connectivity index (χ4n) is 12.6. The van der Waals surface area contributed by atoms with Crippen molar-refractivity contribution >= 4 is 0 Å². The quantitative estimate of drug-likeness (QED) is 0.114. The fourth-order valence-corrected chi connectivity index (χ4v) is 12.6. The molecule has 13 heteroatoms. The van der Waals surface area contributed by atoms with Gasteiger partial charge in [0, 0.05) is 0 Å². The van der Waals surface area contributed by atoms with E-state index in [0.29, 0.717) is 31.1 Å². The molecule has 0 spiro atoms. The minimum atomic E-state index is -1.58. The van der Waals surface area contributed by atoms with E-state index < -0.39 is 79.7 Å². The summed E-state index contributed by atoms with van der Waals surface area (Å²) in [5, 5.41) is 94.8. The number of hydrogen-bond acceptors (Lipinski definition) is 13. The van der Waals surface area contributed by atoms with E-state index in [2.05, 4.69) is 47.6 Å². The standard InChI is InChI=1S/C41H70O13/c1-20(9-12-28(38(4,5)50)54-36-34(49)32(47)31(46)25(18-42)52-36)29-23(43)17-41(8)22-10-11-26-37(2,3)27(53-35-33(48)30(45)24(44)19-51-35)14-15-39(26,6)21(22)13-16-40(29,41)7/h13,20,22-36,42-50H,9-12,14-19H2,1-8H3/t20-,22-,23?,24-,25-,26+,27?,28?,29+,30+,31-,32+,33-,34-,35+,36+,39-,40-,41+/m1/s1. The number of hydrogen-bond donors (Lipinski definition) is 9. The normalized spacial score (nSPS) is 50.4. The maximum Gasteiger partial charge on any atom is 0.187 e. The molecular formula is C41H70O13. The number of fused-ring (bicyclic) bond motifs is 5. The van der Waals surface area contributed by atoms with Crippen molar-refractivity contribution in [1.82, 2.24) is 0 Å². The summed E-state index contributed by atoms with van der Waals surface area (Å²) in [5.74, 6) is 0.646. The van der Waals surface area contributed by atoms with Crippen molar-refractivity contribution in [2.24, 2.45) is 45.3 Å². The number of ether oxygens (including phenoxy) is 4. The highest BCUT2D eigenvalue weighted by molar-refractivity contribution is 5.33. The second kappa shape index (κ2) is 15.1. The molecule has 0 bridgehead atoms. The van der Waals surface area contributed by atoms with Gasteiger partial charge < -0.3 is 64.9 Å². The molecular weight excluding hydrogens is 700 g/mol. The summed E-state index contributed by atoms with van der Waals surface area (Å²) >= 11 is 0. The van der Waals surface area contributed by atoms with Crippen molar-refractivity contribution in [3.05, 3.63) is 11.6 Å². The van der Waals surface area contributed by atoms with E-state index in [1.807, 2.05) is 0 Å². The Balaban J connectivity index is 1.17. The highest BCUT2D eigenvalue weighted by atomic mass is 16.7. The molecule has 3 unspecified atom stereocenters. The Kier molecular flexibility index (Phi) is 12.0.